The Morgan fingerprint density at radius 3 is 2.04 bits per heavy atom. The molecule has 6 rings (SSSR count). The maximum absolute atomic E-state index is 13.4. The number of rotatable bonds is 8. The van der Waals surface area contributed by atoms with Crippen molar-refractivity contribution in [1.82, 2.24) is 23.8 Å². The van der Waals surface area contributed by atoms with Gasteiger partial charge in [0.05, 0.1) is 11.4 Å². The molecule has 0 amide bonds. The molecule has 0 aliphatic carbocycles. The van der Waals surface area contributed by atoms with E-state index in [0.29, 0.717) is 22.2 Å². The zero-order chi connectivity index (χ0) is 33.1. The van der Waals surface area contributed by atoms with Gasteiger partial charge in [0, 0.05) is 40.0 Å². The zero-order valence-electron chi connectivity index (χ0n) is 26.6. The fraction of sp³-hybridized carbons (Fsp3) is 0.294. The number of thiazole rings is 1. The molecule has 1 N–H and O–H groups in total. The molecule has 0 bridgehead atoms. The number of halogens is 3. The largest absolute Gasteiger partial charge is 0.370 e. The molecule has 238 valence electrons. The van der Waals surface area contributed by atoms with Crippen LogP contribution >= 0.6 is 43.2 Å². The summed E-state index contributed by atoms with van der Waals surface area (Å²) >= 11 is 8.44. The maximum Gasteiger partial charge on any atom is 0.192 e. The summed E-state index contributed by atoms with van der Waals surface area (Å²) in [6.45, 7) is 14.1. The summed E-state index contributed by atoms with van der Waals surface area (Å²) in [6, 6.07) is 12.4. The Morgan fingerprint density at radius 2 is 1.48 bits per heavy atom. The fourth-order valence-electron chi connectivity index (χ4n) is 5.42. The second-order valence-corrected chi connectivity index (χ2v) is 13.4. The van der Waals surface area contributed by atoms with E-state index in [1.807, 2.05) is 19.2 Å². The van der Waals surface area contributed by atoms with Crippen molar-refractivity contribution in [2.45, 2.75) is 54.4 Å². The number of aryl methyl sites for hydroxylation is 4. The third-order valence-corrected chi connectivity index (χ3v) is 9.36. The van der Waals surface area contributed by atoms with E-state index in [0.717, 1.165) is 73.8 Å². The Balaban J connectivity index is 0.000000219. The monoisotopic (exact) mass is 764 g/mol. The van der Waals surface area contributed by atoms with E-state index in [1.165, 1.54) is 29.0 Å². The van der Waals surface area contributed by atoms with Crippen LogP contribution in [0.15, 0.2) is 57.7 Å². The molecule has 0 saturated carbocycles. The van der Waals surface area contributed by atoms with Crippen LogP contribution in [0.3, 0.4) is 0 Å². The number of pyridine rings is 2. The Bertz CT molecular complexity index is 2060. The van der Waals surface area contributed by atoms with Crippen molar-refractivity contribution >= 4 is 71.3 Å². The summed E-state index contributed by atoms with van der Waals surface area (Å²) in [7, 11) is 0. The van der Waals surface area contributed by atoms with E-state index in [9.17, 15) is 9.65 Å². The first kappa shape index (κ1) is 33.6. The second kappa shape index (κ2) is 14.3. The van der Waals surface area contributed by atoms with Gasteiger partial charge in [0.15, 0.2) is 5.13 Å². The molecular formula is C34H35Br2FN8S. The van der Waals surface area contributed by atoms with Crippen molar-refractivity contribution in [2.75, 3.05) is 23.3 Å². The number of fused-ring (bicyclic) bond motifs is 2. The van der Waals surface area contributed by atoms with Gasteiger partial charge < -0.3 is 10.2 Å². The first-order valence-electron chi connectivity index (χ1n) is 15.2. The molecular weight excluding hydrogens is 731 g/mol. The van der Waals surface area contributed by atoms with Crippen LogP contribution < -0.4 is 10.2 Å². The molecule has 0 saturated heterocycles. The van der Waals surface area contributed by atoms with Crippen LogP contribution in [0.4, 0.5) is 21.2 Å². The Kier molecular flexibility index (Phi) is 10.5. The first-order valence-corrected chi connectivity index (χ1v) is 17.6. The molecule has 12 heteroatoms. The summed E-state index contributed by atoms with van der Waals surface area (Å²) in [4.78, 5) is 16.9. The standard InChI is InChI=1S/C22H19BrFN5S.C12H16BrN3/c1-4-17-21(29-12-15(23)10-13(3)20(29)26-17)28(5-2)22-27-19(18(11-25)30-22)14-6-8-16(24)9-7-14;1-4-10-12(14-5-2)16-7-9(13)6-8(3)11(16)15-10/h6-10,12H,4-5H2,1-3H3;6-7,14H,4-5H2,1-3H3. The lowest BCUT2D eigenvalue weighted by Crippen LogP contribution is -2.19. The van der Waals surface area contributed by atoms with Crippen molar-refractivity contribution in [3.05, 3.63) is 90.9 Å². The van der Waals surface area contributed by atoms with Gasteiger partial charge in [-0.05, 0) is 120 Å². The molecule has 0 aliphatic heterocycles. The third kappa shape index (κ3) is 6.54. The van der Waals surface area contributed by atoms with Crippen LogP contribution in [-0.2, 0) is 12.8 Å². The van der Waals surface area contributed by atoms with Gasteiger partial charge in [0.25, 0.3) is 0 Å². The van der Waals surface area contributed by atoms with Gasteiger partial charge in [-0.3, -0.25) is 8.80 Å². The molecule has 46 heavy (non-hydrogen) atoms. The summed E-state index contributed by atoms with van der Waals surface area (Å²) < 4.78 is 19.6. The van der Waals surface area contributed by atoms with E-state index in [-0.39, 0.29) is 5.82 Å². The molecule has 0 fully saturated rings. The van der Waals surface area contributed by atoms with Crippen LogP contribution in [0.25, 0.3) is 22.6 Å². The molecule has 0 unspecified atom stereocenters. The predicted octanol–water partition coefficient (Wildman–Crippen LogP) is 9.66. The van der Waals surface area contributed by atoms with Gasteiger partial charge in [0.1, 0.15) is 45.4 Å². The van der Waals surface area contributed by atoms with Crippen LogP contribution in [-0.4, -0.2) is 36.8 Å². The van der Waals surface area contributed by atoms with Gasteiger partial charge in [-0.2, -0.15) is 5.26 Å². The number of anilines is 3. The molecule has 5 heterocycles. The number of nitrogens with zero attached hydrogens (tertiary/aromatic N) is 7. The van der Waals surface area contributed by atoms with Gasteiger partial charge in [0.2, 0.25) is 0 Å². The summed E-state index contributed by atoms with van der Waals surface area (Å²) in [6.07, 6.45) is 5.78. The van der Waals surface area contributed by atoms with Crippen molar-refractivity contribution in [3.63, 3.8) is 0 Å². The van der Waals surface area contributed by atoms with Crippen molar-refractivity contribution < 1.29 is 4.39 Å². The smallest absolute Gasteiger partial charge is 0.192 e. The molecule has 8 nitrogen and oxygen atoms in total. The highest BCUT2D eigenvalue weighted by atomic mass is 79.9. The van der Waals surface area contributed by atoms with Gasteiger partial charge in [-0.1, -0.05) is 25.2 Å². The van der Waals surface area contributed by atoms with Gasteiger partial charge in [-0.15, -0.1) is 0 Å². The summed E-state index contributed by atoms with van der Waals surface area (Å²) in [5.74, 6) is 1.75. The molecule has 6 aromatic rings. The van der Waals surface area contributed by atoms with E-state index in [2.05, 4.69) is 109 Å². The normalized spacial score (nSPS) is 11.0. The molecule has 5 aromatic heterocycles. The van der Waals surface area contributed by atoms with E-state index < -0.39 is 0 Å². The van der Waals surface area contributed by atoms with Crippen LogP contribution in [0.5, 0.6) is 0 Å². The van der Waals surface area contributed by atoms with Crippen molar-refractivity contribution in [2.24, 2.45) is 0 Å². The van der Waals surface area contributed by atoms with Gasteiger partial charge in [-0.25, -0.2) is 19.3 Å². The fourth-order valence-corrected chi connectivity index (χ4v) is 7.47. The van der Waals surface area contributed by atoms with Crippen LogP contribution in [0, 0.1) is 31.0 Å². The topological polar surface area (TPSA) is 86.5 Å². The number of nitrogens with one attached hydrogen (secondary N) is 1. The molecule has 0 spiro atoms. The lowest BCUT2D eigenvalue weighted by Gasteiger charge is -2.21. The van der Waals surface area contributed by atoms with E-state index in [4.69, 9.17) is 9.97 Å². The van der Waals surface area contributed by atoms with E-state index >= 15 is 0 Å². The number of nitriles is 1. The molecule has 0 aliphatic rings. The molecule has 1 aromatic carbocycles. The minimum Gasteiger partial charge on any atom is -0.370 e. The van der Waals surface area contributed by atoms with Crippen molar-refractivity contribution in [3.8, 4) is 17.3 Å². The number of aromatic nitrogens is 5. The zero-order valence-corrected chi connectivity index (χ0v) is 30.6. The molecule has 0 atom stereocenters. The lowest BCUT2D eigenvalue weighted by molar-refractivity contribution is 0.628. The molecule has 0 radical (unpaired) electrons. The lowest BCUT2D eigenvalue weighted by atomic mass is 10.1. The SMILES string of the molecule is CCNc1c(CC)nc2c(C)cc(Br)cn12.CCc1nc2c(C)cc(Br)cn2c1N(CC)c1nc(-c2ccc(F)cc2)c(C#N)s1. The number of imidazole rings is 2. The summed E-state index contributed by atoms with van der Waals surface area (Å²) in [5.41, 5.74) is 7.59. The maximum atomic E-state index is 13.4. The first-order chi connectivity index (χ1) is 22.1. The highest BCUT2D eigenvalue weighted by molar-refractivity contribution is 9.10. The third-order valence-electron chi connectivity index (χ3n) is 7.51. The van der Waals surface area contributed by atoms with Gasteiger partial charge >= 0.3 is 0 Å². The highest BCUT2D eigenvalue weighted by Gasteiger charge is 2.24. The number of hydrogen-bond donors (Lipinski definition) is 1. The Morgan fingerprint density at radius 1 is 0.891 bits per heavy atom. The summed E-state index contributed by atoms with van der Waals surface area (Å²) in [5, 5.41) is 13.8. The number of hydrogen-bond acceptors (Lipinski definition) is 7. The quantitative estimate of drug-likeness (QED) is 0.166. The average Bonchev–Trinajstić information content (AvgIpc) is 3.73. The minimum absolute atomic E-state index is 0.317. The Hall–Kier alpha value is -3.79. The predicted molar refractivity (Wildman–Crippen MR) is 193 cm³/mol. The minimum atomic E-state index is -0.317. The number of benzene rings is 1. The second-order valence-electron chi connectivity index (χ2n) is 10.6. The van der Waals surface area contributed by atoms with Crippen LogP contribution in [0.2, 0.25) is 0 Å². The average molecular weight is 767 g/mol. The highest BCUT2D eigenvalue weighted by Crippen LogP contribution is 2.38. The Labute approximate surface area is 289 Å². The van der Waals surface area contributed by atoms with E-state index in [1.54, 1.807) is 12.1 Å². The van der Waals surface area contributed by atoms with Crippen molar-refractivity contribution in [1.29, 1.82) is 5.26 Å². The van der Waals surface area contributed by atoms with Crippen LogP contribution in [0.1, 0.15) is 55.1 Å².